The lowest BCUT2D eigenvalue weighted by molar-refractivity contribution is 0.600. The van der Waals surface area contributed by atoms with Crippen molar-refractivity contribution in [3.63, 3.8) is 0 Å². The monoisotopic (exact) mass is 938 g/mol. The molecule has 1 aliphatic rings. The van der Waals surface area contributed by atoms with Gasteiger partial charge in [-0.1, -0.05) is 267 Å². The van der Waals surface area contributed by atoms with Crippen LogP contribution in [0.15, 0.2) is 201 Å². The molecule has 0 radical (unpaired) electrons. The Labute approximate surface area is 430 Å². The lowest BCUT2D eigenvalue weighted by Crippen LogP contribution is -2.30. The maximum atomic E-state index is 4.16. The summed E-state index contributed by atoms with van der Waals surface area (Å²) < 4.78 is 0. The van der Waals surface area contributed by atoms with Crippen molar-refractivity contribution in [2.75, 3.05) is 4.90 Å². The van der Waals surface area contributed by atoms with Gasteiger partial charge in [0.2, 0.25) is 0 Å². The van der Waals surface area contributed by atoms with Gasteiger partial charge in [-0.15, -0.1) is 0 Å². The first-order valence-corrected chi connectivity index (χ1v) is 27.2. The number of aryl methyl sites for hydroxylation is 2. The van der Waals surface area contributed by atoms with E-state index in [1.807, 2.05) is 12.2 Å². The Bertz CT molecular complexity index is 3250. The Morgan fingerprint density at radius 3 is 1.54 bits per heavy atom. The van der Waals surface area contributed by atoms with Crippen LogP contribution in [-0.4, -0.2) is 0 Å². The van der Waals surface area contributed by atoms with E-state index in [-0.39, 0.29) is 0 Å². The highest BCUT2D eigenvalue weighted by molar-refractivity contribution is 6.12. The molecule has 0 saturated heterocycles. The third-order valence-electron chi connectivity index (χ3n) is 15.7. The molecule has 0 bridgehead atoms. The summed E-state index contributed by atoms with van der Waals surface area (Å²) >= 11 is 0. The molecule has 0 aliphatic heterocycles. The second-order valence-electron chi connectivity index (χ2n) is 20.1. The lowest BCUT2D eigenvalue weighted by atomic mass is 9.67. The molecule has 0 amide bonds. The normalized spacial score (nSPS) is 12.5. The van der Waals surface area contributed by atoms with Crippen molar-refractivity contribution in [1.82, 2.24) is 0 Å². The van der Waals surface area contributed by atoms with E-state index in [4.69, 9.17) is 0 Å². The van der Waals surface area contributed by atoms with Crippen molar-refractivity contribution >= 4 is 50.8 Å². The van der Waals surface area contributed by atoms with E-state index >= 15 is 0 Å². The molecular weight excluding hydrogens is 867 g/mol. The Hall–Kier alpha value is -7.22. The summed E-state index contributed by atoms with van der Waals surface area (Å²) in [4.78, 5) is 2.62. The van der Waals surface area contributed by atoms with Crippen LogP contribution in [-0.2, 0) is 18.3 Å². The van der Waals surface area contributed by atoms with E-state index in [1.165, 1.54) is 143 Å². The van der Waals surface area contributed by atoms with Crippen LogP contribution in [0, 0.1) is 0 Å². The summed E-state index contributed by atoms with van der Waals surface area (Å²) in [6.45, 7) is 12.9. The fourth-order valence-corrected chi connectivity index (χ4v) is 12.2. The fraction of sp³-hybridized carbons (Fsp3) is 0.239. The van der Waals surface area contributed by atoms with Crippen molar-refractivity contribution in [2.24, 2.45) is 0 Å². The average molecular weight is 938 g/mol. The first-order valence-electron chi connectivity index (χ1n) is 27.2. The van der Waals surface area contributed by atoms with Crippen LogP contribution in [0.25, 0.3) is 56.0 Å². The molecule has 1 nitrogen and oxygen atoms in total. The Balaban J connectivity index is 1.26. The zero-order chi connectivity index (χ0) is 49.3. The molecule has 0 aromatic heterocycles. The molecule has 0 atom stereocenters. The second kappa shape index (κ2) is 22.5. The second-order valence-corrected chi connectivity index (χ2v) is 20.1. The number of para-hydroxylation sites is 1. The van der Waals surface area contributed by atoms with Gasteiger partial charge in [0, 0.05) is 16.8 Å². The minimum atomic E-state index is -0.665. The van der Waals surface area contributed by atoms with Crippen LogP contribution in [0.5, 0.6) is 0 Å². The SMILES string of the molecule is C=Cc1ccc(C2(c3ccc(C=C)cc3)c3ccccc3-c3cccc(N(c4ccc5c(c4)c(CCCCCCCC)c(CCCCCCCC)c4ccccc45)c4ccccc4-c4ccccc4)c32)cc1. The first-order chi connectivity index (χ1) is 35.6. The molecule has 0 N–H and O–H groups in total. The highest BCUT2D eigenvalue weighted by Crippen LogP contribution is 2.60. The summed E-state index contributed by atoms with van der Waals surface area (Å²) in [5, 5.41) is 5.55. The summed E-state index contributed by atoms with van der Waals surface area (Å²) in [5.41, 5.74) is 18.0. The summed E-state index contributed by atoms with van der Waals surface area (Å²) in [6.07, 6.45) is 21.5. The minimum absolute atomic E-state index is 0.665. The summed E-state index contributed by atoms with van der Waals surface area (Å²) in [5.74, 6) is 0. The smallest absolute Gasteiger partial charge is 0.0734 e. The van der Waals surface area contributed by atoms with E-state index in [0.717, 1.165) is 41.0 Å². The first kappa shape index (κ1) is 48.4. The van der Waals surface area contributed by atoms with Crippen LogP contribution in [0.2, 0.25) is 0 Å². The van der Waals surface area contributed by atoms with E-state index in [1.54, 1.807) is 11.1 Å². The van der Waals surface area contributed by atoms with Gasteiger partial charge in [0.25, 0.3) is 0 Å². The number of hydrogen-bond donors (Lipinski definition) is 0. The average Bonchev–Trinajstić information content (AvgIpc) is 3.75. The van der Waals surface area contributed by atoms with Crippen LogP contribution < -0.4 is 4.90 Å². The number of rotatable bonds is 22. The molecule has 0 fully saturated rings. The molecule has 0 spiro atoms. The number of nitrogens with zero attached hydrogens (tertiary/aromatic N) is 1. The quantitative estimate of drug-likeness (QED) is 0.0483. The van der Waals surface area contributed by atoms with Gasteiger partial charge in [0.15, 0.2) is 0 Å². The highest BCUT2D eigenvalue weighted by Gasteiger charge is 2.48. The standard InChI is InChI=1S/C71H71N/c1-5-9-11-13-15-20-32-60-59-34-22-23-35-61(59)63-50-49-57(51-66(63)62(60)33-21-16-14-12-10-6-2)72(68-39-27-25-31-58(68)54-29-18-17-19-30-54)69-40-28-37-65-64-36-24-26-38-67(64)71(70(65)69,55-45-41-52(7-3)42-46-55)56-47-43-53(8-4)44-48-56/h7-8,17-19,22-31,34-51H,3-6,9-16,20-21,32-33H2,1-2H3. The van der Waals surface area contributed by atoms with Crippen molar-refractivity contribution in [3.8, 4) is 22.3 Å². The molecule has 10 rings (SSSR count). The van der Waals surface area contributed by atoms with Gasteiger partial charge < -0.3 is 4.90 Å². The highest BCUT2D eigenvalue weighted by atomic mass is 15.1. The largest absolute Gasteiger partial charge is 0.309 e. The van der Waals surface area contributed by atoms with Gasteiger partial charge in [0.1, 0.15) is 0 Å². The summed E-state index contributed by atoms with van der Waals surface area (Å²) in [7, 11) is 0. The number of fused-ring (bicyclic) bond motifs is 6. The lowest BCUT2D eigenvalue weighted by Gasteiger charge is -2.38. The maximum Gasteiger partial charge on any atom is 0.0734 e. The van der Waals surface area contributed by atoms with E-state index < -0.39 is 5.41 Å². The van der Waals surface area contributed by atoms with Crippen molar-refractivity contribution in [2.45, 2.75) is 109 Å². The number of hydrogen-bond acceptors (Lipinski definition) is 1. The Morgan fingerprint density at radius 2 is 0.903 bits per heavy atom. The molecule has 0 saturated carbocycles. The maximum absolute atomic E-state index is 4.16. The van der Waals surface area contributed by atoms with Crippen molar-refractivity contribution < 1.29 is 0 Å². The predicted octanol–water partition coefficient (Wildman–Crippen LogP) is 20.6. The topological polar surface area (TPSA) is 3.24 Å². The van der Waals surface area contributed by atoms with Gasteiger partial charge >= 0.3 is 0 Å². The molecule has 1 aliphatic carbocycles. The zero-order valence-electron chi connectivity index (χ0n) is 42.8. The fourth-order valence-electron chi connectivity index (χ4n) is 12.2. The molecular formula is C71H71N. The van der Waals surface area contributed by atoms with Gasteiger partial charge in [-0.2, -0.15) is 0 Å². The molecule has 360 valence electrons. The molecule has 0 unspecified atom stereocenters. The predicted molar refractivity (Wildman–Crippen MR) is 313 cm³/mol. The van der Waals surface area contributed by atoms with Crippen LogP contribution in [0.1, 0.15) is 135 Å². The van der Waals surface area contributed by atoms with Crippen LogP contribution >= 0.6 is 0 Å². The summed E-state index contributed by atoms with van der Waals surface area (Å²) in [6, 6.07) is 71.2. The van der Waals surface area contributed by atoms with Gasteiger partial charge in [-0.3, -0.25) is 0 Å². The number of benzene rings is 9. The third-order valence-corrected chi connectivity index (χ3v) is 15.7. The van der Waals surface area contributed by atoms with Gasteiger partial charge in [-0.25, -0.2) is 0 Å². The van der Waals surface area contributed by atoms with Gasteiger partial charge in [0.05, 0.1) is 16.8 Å². The molecule has 0 heterocycles. The number of anilines is 3. The van der Waals surface area contributed by atoms with Crippen LogP contribution in [0.3, 0.4) is 0 Å². The molecule has 9 aromatic rings. The van der Waals surface area contributed by atoms with Gasteiger partial charge in [-0.05, 0) is 127 Å². The molecule has 1 heteroatoms. The molecule has 9 aromatic carbocycles. The van der Waals surface area contributed by atoms with E-state index in [0.29, 0.717) is 0 Å². The number of unbranched alkanes of at least 4 members (excludes halogenated alkanes) is 10. The van der Waals surface area contributed by atoms with Crippen molar-refractivity contribution in [1.29, 1.82) is 0 Å². The van der Waals surface area contributed by atoms with Crippen LogP contribution in [0.4, 0.5) is 17.1 Å². The molecule has 72 heavy (non-hydrogen) atoms. The Kier molecular flexibility index (Phi) is 15.1. The van der Waals surface area contributed by atoms with E-state index in [9.17, 15) is 0 Å². The van der Waals surface area contributed by atoms with E-state index in [2.05, 4.69) is 220 Å². The zero-order valence-corrected chi connectivity index (χ0v) is 42.8. The van der Waals surface area contributed by atoms with Crippen molar-refractivity contribution in [3.05, 3.63) is 246 Å². The Morgan fingerprint density at radius 1 is 0.403 bits per heavy atom. The third kappa shape index (κ3) is 9.27. The minimum Gasteiger partial charge on any atom is -0.309 e.